The Labute approximate surface area is 121 Å². The molecule has 0 fully saturated rings. The number of hydrogen-bond donors (Lipinski definition) is 1. The molecule has 1 aromatic carbocycles. The minimum atomic E-state index is -3.84. The van der Waals surface area contributed by atoms with Crippen molar-refractivity contribution in [2.24, 2.45) is 5.73 Å². The lowest BCUT2D eigenvalue weighted by molar-refractivity contribution is 0.0992. The van der Waals surface area contributed by atoms with E-state index in [1.54, 1.807) is 31.2 Å². The number of amides is 1. The first-order valence-corrected chi connectivity index (χ1v) is 7.66. The maximum atomic E-state index is 12.6. The van der Waals surface area contributed by atoms with Crippen LogP contribution in [0.15, 0.2) is 29.2 Å². The van der Waals surface area contributed by atoms with E-state index in [9.17, 15) is 13.2 Å². The summed E-state index contributed by atoms with van der Waals surface area (Å²) in [7, 11) is -2.41. The molecule has 1 heterocycles. The molecule has 0 radical (unpaired) electrons. The first-order chi connectivity index (χ1) is 9.32. The Morgan fingerprint density at radius 2 is 2.00 bits per heavy atom. The minimum absolute atomic E-state index is 0.153. The van der Waals surface area contributed by atoms with Crippen LogP contribution in [0.25, 0.3) is 10.9 Å². The Kier molecular flexibility index (Phi) is 3.77. The predicted molar refractivity (Wildman–Crippen MR) is 77.2 cm³/mol. The van der Waals surface area contributed by atoms with Crippen LogP contribution in [0.3, 0.4) is 0 Å². The Hall–Kier alpha value is -1.57. The number of benzene rings is 1. The number of rotatable bonds is 4. The molecule has 108 valence electrons. The van der Waals surface area contributed by atoms with E-state index in [4.69, 9.17) is 17.5 Å². The van der Waals surface area contributed by atoms with Crippen LogP contribution in [0.1, 0.15) is 17.4 Å². The highest BCUT2D eigenvalue weighted by atomic mass is 35.5. The SMILES string of the molecule is CCN(C)S(=O)(=O)c1c(C(N)=O)n(Cl)c2ccccc12. The number of fused-ring (bicyclic) bond motifs is 1. The minimum Gasteiger partial charge on any atom is -0.364 e. The van der Waals surface area contributed by atoms with Crippen molar-refractivity contribution < 1.29 is 13.2 Å². The Morgan fingerprint density at radius 3 is 2.55 bits per heavy atom. The van der Waals surface area contributed by atoms with E-state index in [1.807, 2.05) is 0 Å². The van der Waals surface area contributed by atoms with Crippen LogP contribution in [0.4, 0.5) is 0 Å². The predicted octanol–water partition coefficient (Wildman–Crippen LogP) is 1.38. The smallest absolute Gasteiger partial charge is 0.268 e. The van der Waals surface area contributed by atoms with Crippen molar-refractivity contribution in [3.05, 3.63) is 30.0 Å². The summed E-state index contributed by atoms with van der Waals surface area (Å²) in [6, 6.07) is 6.59. The van der Waals surface area contributed by atoms with Gasteiger partial charge in [-0.05, 0) is 6.07 Å². The number of para-hydroxylation sites is 1. The zero-order valence-electron chi connectivity index (χ0n) is 11.0. The van der Waals surface area contributed by atoms with Crippen molar-refractivity contribution in [2.45, 2.75) is 11.8 Å². The fourth-order valence-corrected chi connectivity index (χ4v) is 3.87. The fourth-order valence-electron chi connectivity index (χ4n) is 1.97. The van der Waals surface area contributed by atoms with Crippen LogP contribution in [0, 0.1) is 0 Å². The van der Waals surface area contributed by atoms with Gasteiger partial charge in [-0.2, -0.15) is 0 Å². The van der Waals surface area contributed by atoms with Gasteiger partial charge in [-0.1, -0.05) is 25.1 Å². The van der Waals surface area contributed by atoms with E-state index < -0.39 is 15.9 Å². The quantitative estimate of drug-likeness (QED) is 0.925. The van der Waals surface area contributed by atoms with E-state index >= 15 is 0 Å². The molecule has 0 spiro atoms. The Bertz CT molecular complexity index is 783. The maximum Gasteiger partial charge on any atom is 0.268 e. The number of nitrogens with zero attached hydrogens (tertiary/aromatic N) is 2. The van der Waals surface area contributed by atoms with Crippen LogP contribution < -0.4 is 5.73 Å². The first-order valence-electron chi connectivity index (χ1n) is 5.88. The van der Waals surface area contributed by atoms with Gasteiger partial charge in [0.25, 0.3) is 5.91 Å². The van der Waals surface area contributed by atoms with Gasteiger partial charge < -0.3 is 5.73 Å². The van der Waals surface area contributed by atoms with E-state index in [2.05, 4.69) is 0 Å². The number of halogens is 1. The number of primary amides is 1. The second-order valence-electron chi connectivity index (χ2n) is 4.26. The van der Waals surface area contributed by atoms with Crippen molar-refractivity contribution in [1.29, 1.82) is 0 Å². The standard InChI is InChI=1S/C12H14ClN3O3S/c1-3-15(2)20(18,19)11-8-6-4-5-7-9(8)16(13)10(11)12(14)17/h4-7H,3H2,1-2H3,(H2,14,17). The van der Waals surface area contributed by atoms with Gasteiger partial charge in [-0.3, -0.25) is 4.79 Å². The van der Waals surface area contributed by atoms with Crippen LogP contribution in [-0.2, 0) is 10.0 Å². The number of hydrogen-bond acceptors (Lipinski definition) is 3. The largest absolute Gasteiger partial charge is 0.364 e. The van der Waals surface area contributed by atoms with Crippen molar-refractivity contribution in [1.82, 2.24) is 8.39 Å². The molecule has 0 aliphatic carbocycles. The molecular formula is C12H14ClN3O3S. The number of carbonyl (C=O) groups is 1. The third-order valence-electron chi connectivity index (χ3n) is 3.12. The lowest BCUT2D eigenvalue weighted by Crippen LogP contribution is -2.29. The fraction of sp³-hybridized carbons (Fsp3) is 0.250. The van der Waals surface area contributed by atoms with Gasteiger partial charge in [-0.25, -0.2) is 16.8 Å². The summed E-state index contributed by atoms with van der Waals surface area (Å²) in [4.78, 5) is 11.5. The van der Waals surface area contributed by atoms with Gasteiger partial charge in [0.15, 0.2) is 0 Å². The maximum absolute atomic E-state index is 12.6. The highest BCUT2D eigenvalue weighted by Crippen LogP contribution is 2.32. The molecule has 2 aromatic rings. The lowest BCUT2D eigenvalue weighted by Gasteiger charge is -2.15. The molecule has 0 saturated carbocycles. The van der Waals surface area contributed by atoms with Crippen molar-refractivity contribution >= 4 is 38.6 Å². The summed E-state index contributed by atoms with van der Waals surface area (Å²) < 4.78 is 27.3. The zero-order valence-corrected chi connectivity index (χ0v) is 12.6. The topological polar surface area (TPSA) is 85.4 Å². The van der Waals surface area contributed by atoms with Crippen LogP contribution in [-0.4, -0.2) is 36.3 Å². The second-order valence-corrected chi connectivity index (χ2v) is 6.58. The lowest BCUT2D eigenvalue weighted by atomic mass is 10.2. The average Bonchev–Trinajstić information content (AvgIpc) is 2.72. The summed E-state index contributed by atoms with van der Waals surface area (Å²) in [5.74, 6) is -0.890. The zero-order chi connectivity index (χ0) is 15.1. The molecule has 2 N–H and O–H groups in total. The number of carbonyl (C=O) groups excluding carboxylic acids is 1. The number of nitrogens with two attached hydrogens (primary N) is 1. The van der Waals surface area contributed by atoms with Gasteiger partial charge in [0.05, 0.1) is 5.52 Å². The van der Waals surface area contributed by atoms with Crippen molar-refractivity contribution in [3.63, 3.8) is 0 Å². The third kappa shape index (κ3) is 2.07. The molecule has 20 heavy (non-hydrogen) atoms. The van der Waals surface area contributed by atoms with Crippen molar-refractivity contribution in [2.75, 3.05) is 13.6 Å². The second kappa shape index (κ2) is 5.08. The van der Waals surface area contributed by atoms with E-state index in [-0.39, 0.29) is 17.1 Å². The summed E-state index contributed by atoms with van der Waals surface area (Å²) >= 11 is 6.04. The van der Waals surface area contributed by atoms with E-state index in [1.165, 1.54) is 7.05 Å². The monoisotopic (exact) mass is 315 g/mol. The molecule has 0 aliphatic rings. The molecule has 6 nitrogen and oxygen atoms in total. The molecule has 1 aromatic heterocycles. The summed E-state index contributed by atoms with van der Waals surface area (Å²) in [5, 5.41) is 0.372. The van der Waals surface area contributed by atoms with E-state index in [0.717, 1.165) is 8.39 Å². The molecule has 1 amide bonds. The molecule has 0 atom stereocenters. The number of aromatic nitrogens is 1. The van der Waals surface area contributed by atoms with Gasteiger partial charge in [0.1, 0.15) is 10.6 Å². The summed E-state index contributed by atoms with van der Waals surface area (Å²) in [5.41, 5.74) is 5.48. The molecule has 0 unspecified atom stereocenters. The van der Waals surface area contributed by atoms with Crippen LogP contribution >= 0.6 is 11.8 Å². The average molecular weight is 316 g/mol. The van der Waals surface area contributed by atoms with Gasteiger partial charge in [0.2, 0.25) is 10.0 Å². The van der Waals surface area contributed by atoms with E-state index in [0.29, 0.717) is 10.9 Å². The van der Waals surface area contributed by atoms with Gasteiger partial charge in [-0.15, -0.1) is 0 Å². The normalized spacial score (nSPS) is 12.2. The summed E-state index contributed by atoms with van der Waals surface area (Å²) in [6.45, 7) is 1.96. The highest BCUT2D eigenvalue weighted by Gasteiger charge is 2.32. The molecule has 0 aliphatic heterocycles. The first kappa shape index (κ1) is 14.8. The molecule has 0 bridgehead atoms. The Balaban J connectivity index is 2.95. The van der Waals surface area contributed by atoms with Crippen LogP contribution in [0.2, 0.25) is 0 Å². The van der Waals surface area contributed by atoms with Gasteiger partial charge >= 0.3 is 0 Å². The molecule has 0 saturated heterocycles. The van der Waals surface area contributed by atoms with Gasteiger partial charge in [0, 0.05) is 30.8 Å². The third-order valence-corrected chi connectivity index (χ3v) is 5.48. The molecule has 8 heteroatoms. The van der Waals surface area contributed by atoms with Crippen LogP contribution in [0.5, 0.6) is 0 Å². The Morgan fingerprint density at radius 1 is 1.40 bits per heavy atom. The summed E-state index contributed by atoms with van der Waals surface area (Å²) in [6.07, 6.45) is 0. The molecular weight excluding hydrogens is 302 g/mol. The number of sulfonamides is 1. The molecule has 2 rings (SSSR count). The highest BCUT2D eigenvalue weighted by molar-refractivity contribution is 7.89. The van der Waals surface area contributed by atoms with Crippen molar-refractivity contribution in [3.8, 4) is 0 Å².